The molecular formula is C7H10N4O4S2. The van der Waals surface area contributed by atoms with Gasteiger partial charge in [0.2, 0.25) is 10.0 Å². The van der Waals surface area contributed by atoms with Gasteiger partial charge < -0.3 is 0 Å². The molecule has 1 aromatic heterocycles. The fourth-order valence-corrected chi connectivity index (χ4v) is 3.57. The third kappa shape index (κ3) is 4.41. The molecule has 94 valence electrons. The molecule has 0 atom stereocenters. The second-order valence-electron chi connectivity index (χ2n) is 3.32. The number of aromatic amines is 1. The number of H-pyrrole nitrogens is 1. The van der Waals surface area contributed by atoms with Crippen LogP contribution in [0.2, 0.25) is 0 Å². The largest absolute Gasteiger partial charge is 0.267 e. The molecule has 0 spiro atoms. The summed E-state index contributed by atoms with van der Waals surface area (Å²) < 4.78 is 46.7. The molecule has 0 aromatic carbocycles. The summed E-state index contributed by atoms with van der Waals surface area (Å²) >= 11 is 0. The molecule has 0 radical (unpaired) electrons. The maximum Gasteiger partial charge on any atom is 0.234 e. The van der Waals surface area contributed by atoms with Gasteiger partial charge in [-0.3, -0.25) is 9.82 Å². The van der Waals surface area contributed by atoms with Crippen LogP contribution >= 0.6 is 0 Å². The molecule has 10 heteroatoms. The van der Waals surface area contributed by atoms with Crippen LogP contribution in [0.15, 0.2) is 6.20 Å². The molecule has 1 heterocycles. The van der Waals surface area contributed by atoms with E-state index in [1.165, 1.54) is 0 Å². The molecule has 8 nitrogen and oxygen atoms in total. The highest BCUT2D eigenvalue weighted by Crippen LogP contribution is 2.11. The Labute approximate surface area is 98.6 Å². The van der Waals surface area contributed by atoms with Crippen molar-refractivity contribution < 1.29 is 16.8 Å². The highest BCUT2D eigenvalue weighted by atomic mass is 32.2. The predicted octanol–water partition coefficient (Wildman–Crippen LogP) is -0.932. The number of anilines is 1. The Hall–Kier alpha value is -1.60. The van der Waals surface area contributed by atoms with Crippen molar-refractivity contribution >= 4 is 25.7 Å². The van der Waals surface area contributed by atoms with Crippen LogP contribution in [0, 0.1) is 11.3 Å². The van der Waals surface area contributed by atoms with E-state index in [-0.39, 0.29) is 11.4 Å². The van der Waals surface area contributed by atoms with Crippen molar-refractivity contribution in [1.29, 1.82) is 5.26 Å². The molecule has 0 unspecified atom stereocenters. The molecule has 0 saturated heterocycles. The molecular weight excluding hydrogens is 268 g/mol. The van der Waals surface area contributed by atoms with Crippen molar-refractivity contribution in [3.63, 3.8) is 0 Å². The van der Waals surface area contributed by atoms with Crippen molar-refractivity contribution in [2.24, 2.45) is 0 Å². The lowest BCUT2D eigenvalue weighted by molar-refractivity contribution is 0.593. The average Bonchev–Trinajstić information content (AvgIpc) is 2.61. The number of nitrogens with one attached hydrogen (secondary N) is 2. The number of nitriles is 1. The van der Waals surface area contributed by atoms with Crippen molar-refractivity contribution in [2.75, 3.05) is 22.5 Å². The van der Waals surface area contributed by atoms with Crippen molar-refractivity contribution in [3.05, 3.63) is 11.8 Å². The van der Waals surface area contributed by atoms with E-state index >= 15 is 0 Å². The Morgan fingerprint density at radius 1 is 1.41 bits per heavy atom. The lowest BCUT2D eigenvalue weighted by Gasteiger charge is -2.05. The van der Waals surface area contributed by atoms with Gasteiger partial charge in [0.05, 0.1) is 17.7 Å². The molecule has 1 aromatic rings. The maximum absolute atomic E-state index is 11.5. The molecule has 0 fully saturated rings. The Bertz CT molecular complexity index is 638. The third-order valence-corrected chi connectivity index (χ3v) is 4.20. The smallest absolute Gasteiger partial charge is 0.234 e. The summed E-state index contributed by atoms with van der Waals surface area (Å²) in [5, 5.41) is 14.4. The van der Waals surface area contributed by atoms with Crippen LogP contribution < -0.4 is 4.72 Å². The highest BCUT2D eigenvalue weighted by Gasteiger charge is 2.17. The van der Waals surface area contributed by atoms with Crippen LogP contribution in [-0.4, -0.2) is 44.8 Å². The van der Waals surface area contributed by atoms with Crippen LogP contribution in [0.25, 0.3) is 0 Å². The summed E-state index contributed by atoms with van der Waals surface area (Å²) in [6, 6.07) is 1.73. The highest BCUT2D eigenvalue weighted by molar-refractivity contribution is 7.95. The zero-order chi connectivity index (χ0) is 13.1. The van der Waals surface area contributed by atoms with Crippen LogP contribution in [-0.2, 0) is 19.9 Å². The Balaban J connectivity index is 2.78. The van der Waals surface area contributed by atoms with E-state index in [0.29, 0.717) is 0 Å². The van der Waals surface area contributed by atoms with E-state index in [0.717, 1.165) is 12.5 Å². The maximum atomic E-state index is 11.5. The van der Waals surface area contributed by atoms with Crippen molar-refractivity contribution in [1.82, 2.24) is 10.2 Å². The van der Waals surface area contributed by atoms with Gasteiger partial charge in [0.25, 0.3) is 0 Å². The third-order valence-electron chi connectivity index (χ3n) is 1.74. The van der Waals surface area contributed by atoms with Crippen molar-refractivity contribution in [2.45, 2.75) is 0 Å². The van der Waals surface area contributed by atoms with Gasteiger partial charge in [-0.2, -0.15) is 10.4 Å². The Morgan fingerprint density at radius 2 is 2.06 bits per heavy atom. The molecule has 0 aliphatic heterocycles. The minimum Gasteiger partial charge on any atom is -0.267 e. The zero-order valence-corrected chi connectivity index (χ0v) is 10.5. The summed E-state index contributed by atoms with van der Waals surface area (Å²) in [6.45, 7) is 0. The summed E-state index contributed by atoms with van der Waals surface area (Å²) in [4.78, 5) is 0. The number of aromatic nitrogens is 2. The van der Waals surface area contributed by atoms with Gasteiger partial charge in [0.15, 0.2) is 5.82 Å². The first-order chi connectivity index (χ1) is 7.73. The monoisotopic (exact) mass is 278 g/mol. The van der Waals surface area contributed by atoms with E-state index in [1.54, 1.807) is 6.07 Å². The van der Waals surface area contributed by atoms with E-state index in [2.05, 4.69) is 14.9 Å². The quantitative estimate of drug-likeness (QED) is 0.714. The molecule has 1 rings (SSSR count). The molecule has 17 heavy (non-hydrogen) atoms. The van der Waals surface area contributed by atoms with Gasteiger partial charge in [0, 0.05) is 6.26 Å². The average molecular weight is 278 g/mol. The number of sulfonamides is 1. The van der Waals surface area contributed by atoms with E-state index in [9.17, 15) is 16.8 Å². The summed E-state index contributed by atoms with van der Waals surface area (Å²) in [7, 11) is -7.18. The van der Waals surface area contributed by atoms with Gasteiger partial charge in [-0.15, -0.1) is 0 Å². The van der Waals surface area contributed by atoms with Crippen LogP contribution in [0.1, 0.15) is 5.56 Å². The summed E-state index contributed by atoms with van der Waals surface area (Å²) in [5.41, 5.74) is 0.0351. The standard InChI is InChI=1S/C7H10N4O4S2/c1-16(12,13)2-3-17(14,15)11-7-6(4-8)5-9-10-7/h5H,2-3H2,1H3,(H2,9,10,11). The minimum absolute atomic E-state index is 0.0351. The Morgan fingerprint density at radius 3 is 2.59 bits per heavy atom. The Kier molecular flexibility index (Phi) is 3.74. The summed E-state index contributed by atoms with van der Waals surface area (Å²) in [5.74, 6) is -1.13. The molecule has 0 aliphatic rings. The number of sulfone groups is 1. The lowest BCUT2D eigenvalue weighted by Crippen LogP contribution is -2.22. The fourth-order valence-electron chi connectivity index (χ4n) is 0.916. The number of rotatable bonds is 5. The van der Waals surface area contributed by atoms with Gasteiger partial charge in [-0.05, 0) is 0 Å². The molecule has 2 N–H and O–H groups in total. The minimum atomic E-state index is -3.82. The molecule has 0 bridgehead atoms. The number of hydrogen-bond acceptors (Lipinski definition) is 6. The van der Waals surface area contributed by atoms with Crippen LogP contribution in [0.4, 0.5) is 5.82 Å². The van der Waals surface area contributed by atoms with Gasteiger partial charge in [0.1, 0.15) is 21.5 Å². The first-order valence-electron chi connectivity index (χ1n) is 4.35. The van der Waals surface area contributed by atoms with Gasteiger partial charge in [-0.1, -0.05) is 0 Å². The summed E-state index contributed by atoms with van der Waals surface area (Å²) in [6.07, 6.45) is 2.11. The number of nitrogens with zero attached hydrogens (tertiary/aromatic N) is 2. The van der Waals surface area contributed by atoms with E-state index < -0.39 is 31.4 Å². The predicted molar refractivity (Wildman–Crippen MR) is 60.4 cm³/mol. The number of hydrogen-bond donors (Lipinski definition) is 2. The first kappa shape index (κ1) is 13.5. The topological polar surface area (TPSA) is 133 Å². The molecule has 0 amide bonds. The molecule has 0 aliphatic carbocycles. The zero-order valence-electron chi connectivity index (χ0n) is 8.84. The van der Waals surface area contributed by atoms with Gasteiger partial charge >= 0.3 is 0 Å². The van der Waals surface area contributed by atoms with Crippen LogP contribution in [0.5, 0.6) is 0 Å². The van der Waals surface area contributed by atoms with E-state index in [1.807, 2.05) is 0 Å². The van der Waals surface area contributed by atoms with E-state index in [4.69, 9.17) is 5.26 Å². The van der Waals surface area contributed by atoms with Crippen molar-refractivity contribution in [3.8, 4) is 6.07 Å². The SMILES string of the molecule is CS(=O)(=O)CCS(=O)(=O)Nc1[nH]ncc1C#N. The second-order valence-corrected chi connectivity index (χ2v) is 7.42. The fraction of sp³-hybridized carbons (Fsp3) is 0.429. The first-order valence-corrected chi connectivity index (χ1v) is 8.06. The molecule has 0 saturated carbocycles. The lowest BCUT2D eigenvalue weighted by atomic mass is 10.4. The van der Waals surface area contributed by atoms with Crippen LogP contribution in [0.3, 0.4) is 0 Å². The normalized spacial score (nSPS) is 12.0. The van der Waals surface area contributed by atoms with Gasteiger partial charge in [-0.25, -0.2) is 16.8 Å². The second kappa shape index (κ2) is 4.72.